The smallest absolute Gasteiger partial charge is 0.106 e. The lowest BCUT2D eigenvalue weighted by Gasteiger charge is -2.06. The van der Waals surface area contributed by atoms with Crippen molar-refractivity contribution in [1.29, 1.82) is 0 Å². The second kappa shape index (κ2) is 4.28. The number of rotatable bonds is 4. The van der Waals surface area contributed by atoms with Gasteiger partial charge in [0.25, 0.3) is 0 Å². The fourth-order valence-electron chi connectivity index (χ4n) is 1.41. The van der Waals surface area contributed by atoms with E-state index in [1.54, 1.807) is 0 Å². The van der Waals surface area contributed by atoms with Gasteiger partial charge in [-0.15, -0.1) is 6.58 Å². The molecule has 0 saturated carbocycles. The molecule has 0 aliphatic carbocycles. The van der Waals surface area contributed by atoms with E-state index in [2.05, 4.69) is 6.58 Å². The van der Waals surface area contributed by atoms with Gasteiger partial charge in [0, 0.05) is 5.56 Å². The monoisotopic (exact) mass is 180 g/mol. The topological polar surface area (TPSA) is 33.4 Å². The minimum atomic E-state index is -0.421. The van der Waals surface area contributed by atoms with Gasteiger partial charge in [0.05, 0.1) is 6.10 Å². The predicted octanol–water partition coefficient (Wildman–Crippen LogP) is 2.90. The molecule has 13 heavy (non-hydrogen) atoms. The van der Waals surface area contributed by atoms with Gasteiger partial charge in [-0.25, -0.2) is 0 Å². The van der Waals surface area contributed by atoms with E-state index in [0.29, 0.717) is 6.42 Å². The second-order valence-electron chi connectivity index (χ2n) is 3.25. The van der Waals surface area contributed by atoms with Gasteiger partial charge in [-0.2, -0.15) is 0 Å². The van der Waals surface area contributed by atoms with Gasteiger partial charge in [0.1, 0.15) is 11.5 Å². The number of hydrogen-bond donors (Lipinski definition) is 1. The molecule has 1 rings (SSSR count). The molecule has 2 nitrogen and oxygen atoms in total. The maximum absolute atomic E-state index is 9.74. The summed E-state index contributed by atoms with van der Waals surface area (Å²) in [6.45, 7) is 7.38. The van der Waals surface area contributed by atoms with Crippen LogP contribution in [0.2, 0.25) is 0 Å². The van der Waals surface area contributed by atoms with Crippen LogP contribution >= 0.6 is 0 Å². The number of hydrogen-bond acceptors (Lipinski definition) is 2. The Kier molecular flexibility index (Phi) is 3.32. The van der Waals surface area contributed by atoms with Crippen LogP contribution in [-0.4, -0.2) is 5.11 Å². The molecule has 1 N–H and O–H groups in total. The summed E-state index contributed by atoms with van der Waals surface area (Å²) in [5.74, 6) is 1.67. The molecule has 72 valence electrons. The highest BCUT2D eigenvalue weighted by molar-refractivity contribution is 5.22. The summed E-state index contributed by atoms with van der Waals surface area (Å²) in [6.07, 6.45) is 2.93. The first-order valence-electron chi connectivity index (χ1n) is 4.51. The van der Waals surface area contributed by atoms with Crippen molar-refractivity contribution < 1.29 is 9.52 Å². The summed E-state index contributed by atoms with van der Waals surface area (Å²) in [6, 6.07) is 1.89. The largest absolute Gasteiger partial charge is 0.466 e. The van der Waals surface area contributed by atoms with Crippen molar-refractivity contribution >= 4 is 0 Å². The molecule has 0 spiro atoms. The van der Waals surface area contributed by atoms with E-state index in [4.69, 9.17) is 4.42 Å². The van der Waals surface area contributed by atoms with E-state index in [1.165, 1.54) is 0 Å². The van der Waals surface area contributed by atoms with Crippen LogP contribution in [-0.2, 0) is 0 Å². The first-order chi connectivity index (χ1) is 6.15. The maximum atomic E-state index is 9.74. The van der Waals surface area contributed by atoms with Crippen molar-refractivity contribution in [2.45, 2.75) is 32.8 Å². The summed E-state index contributed by atoms with van der Waals surface area (Å²) < 4.78 is 5.33. The molecule has 1 aromatic rings. The van der Waals surface area contributed by atoms with Crippen molar-refractivity contribution in [2.24, 2.45) is 0 Å². The molecule has 1 unspecified atom stereocenters. The molecule has 1 heterocycles. The minimum absolute atomic E-state index is 0.421. The van der Waals surface area contributed by atoms with Crippen LogP contribution in [0.25, 0.3) is 0 Å². The van der Waals surface area contributed by atoms with Crippen LogP contribution in [0.5, 0.6) is 0 Å². The third-order valence-electron chi connectivity index (χ3n) is 2.08. The molecule has 2 heteroatoms. The fraction of sp³-hybridized carbons (Fsp3) is 0.455. The summed E-state index contributed by atoms with van der Waals surface area (Å²) in [7, 11) is 0. The van der Waals surface area contributed by atoms with Gasteiger partial charge < -0.3 is 9.52 Å². The highest BCUT2D eigenvalue weighted by atomic mass is 16.3. The van der Waals surface area contributed by atoms with E-state index in [0.717, 1.165) is 23.5 Å². The van der Waals surface area contributed by atoms with Gasteiger partial charge in [-0.05, 0) is 32.8 Å². The van der Waals surface area contributed by atoms with Crippen molar-refractivity contribution in [2.75, 3.05) is 0 Å². The highest BCUT2D eigenvalue weighted by Gasteiger charge is 2.12. The number of furan rings is 1. The van der Waals surface area contributed by atoms with Gasteiger partial charge in [0.15, 0.2) is 0 Å². The second-order valence-corrected chi connectivity index (χ2v) is 3.25. The van der Waals surface area contributed by atoms with Crippen LogP contribution in [0, 0.1) is 13.8 Å². The number of allylic oxidation sites excluding steroid dienone is 1. The first-order valence-corrected chi connectivity index (χ1v) is 4.51. The Morgan fingerprint density at radius 1 is 1.62 bits per heavy atom. The van der Waals surface area contributed by atoms with Gasteiger partial charge in [0.2, 0.25) is 0 Å². The van der Waals surface area contributed by atoms with Crippen molar-refractivity contribution in [1.82, 2.24) is 0 Å². The Hall–Kier alpha value is -1.02. The Labute approximate surface area is 78.9 Å². The Morgan fingerprint density at radius 2 is 2.31 bits per heavy atom. The predicted molar refractivity (Wildman–Crippen MR) is 52.6 cm³/mol. The Morgan fingerprint density at radius 3 is 2.77 bits per heavy atom. The lowest BCUT2D eigenvalue weighted by Crippen LogP contribution is -1.96. The van der Waals surface area contributed by atoms with Crippen molar-refractivity contribution in [3.8, 4) is 0 Å². The Bertz CT molecular complexity index is 286. The third kappa shape index (κ3) is 2.46. The highest BCUT2D eigenvalue weighted by Crippen LogP contribution is 2.24. The summed E-state index contributed by atoms with van der Waals surface area (Å²) in [5, 5.41) is 9.74. The van der Waals surface area contributed by atoms with E-state index in [9.17, 15) is 5.11 Å². The van der Waals surface area contributed by atoms with Crippen molar-refractivity contribution in [3.63, 3.8) is 0 Å². The molecule has 0 fully saturated rings. The van der Waals surface area contributed by atoms with Crippen molar-refractivity contribution in [3.05, 3.63) is 35.8 Å². The minimum Gasteiger partial charge on any atom is -0.466 e. The standard InChI is InChI=1S/C11H16O2/c1-4-5-6-11(12)10-7-8(2)13-9(10)3/h4,7,11-12H,1,5-6H2,2-3H3. The molecule has 1 atom stereocenters. The lowest BCUT2D eigenvalue weighted by atomic mass is 10.1. The van der Waals surface area contributed by atoms with E-state index in [-0.39, 0.29) is 0 Å². The van der Waals surface area contributed by atoms with Gasteiger partial charge in [-0.1, -0.05) is 6.08 Å². The molecule has 0 radical (unpaired) electrons. The zero-order chi connectivity index (χ0) is 9.84. The van der Waals surface area contributed by atoms with Gasteiger partial charge >= 0.3 is 0 Å². The zero-order valence-electron chi connectivity index (χ0n) is 8.21. The molecule has 0 aromatic carbocycles. The summed E-state index contributed by atoms with van der Waals surface area (Å²) in [5.41, 5.74) is 0.902. The zero-order valence-corrected chi connectivity index (χ0v) is 8.21. The molecular weight excluding hydrogens is 164 g/mol. The van der Waals surface area contributed by atoms with Crippen LogP contribution in [0.4, 0.5) is 0 Å². The molecule has 0 aliphatic heterocycles. The molecule has 0 amide bonds. The normalized spacial score (nSPS) is 12.8. The SMILES string of the molecule is C=CCCC(O)c1cc(C)oc1C. The Balaban J connectivity index is 2.69. The molecule has 0 bridgehead atoms. The quantitative estimate of drug-likeness (QED) is 0.723. The summed E-state index contributed by atoms with van der Waals surface area (Å²) in [4.78, 5) is 0. The van der Waals surface area contributed by atoms with Crippen LogP contribution in [0.3, 0.4) is 0 Å². The van der Waals surface area contributed by atoms with Crippen LogP contribution in [0.15, 0.2) is 23.1 Å². The average molecular weight is 180 g/mol. The molecule has 0 aliphatic rings. The lowest BCUT2D eigenvalue weighted by molar-refractivity contribution is 0.167. The number of aryl methyl sites for hydroxylation is 2. The maximum Gasteiger partial charge on any atom is 0.106 e. The van der Waals surface area contributed by atoms with Crippen LogP contribution < -0.4 is 0 Å². The third-order valence-corrected chi connectivity index (χ3v) is 2.08. The number of aliphatic hydroxyl groups excluding tert-OH is 1. The molecule has 1 aromatic heterocycles. The number of aliphatic hydroxyl groups is 1. The summed E-state index contributed by atoms with van der Waals surface area (Å²) >= 11 is 0. The van der Waals surface area contributed by atoms with E-state index < -0.39 is 6.10 Å². The molecular formula is C11H16O2. The average Bonchev–Trinajstić information content (AvgIpc) is 2.41. The molecule has 0 saturated heterocycles. The van der Waals surface area contributed by atoms with Gasteiger partial charge in [-0.3, -0.25) is 0 Å². The van der Waals surface area contributed by atoms with E-state index in [1.807, 2.05) is 26.0 Å². The first kappa shape index (κ1) is 10.1. The van der Waals surface area contributed by atoms with Crippen LogP contribution in [0.1, 0.15) is 36.0 Å². The van der Waals surface area contributed by atoms with E-state index >= 15 is 0 Å². The fourth-order valence-corrected chi connectivity index (χ4v) is 1.41.